The van der Waals surface area contributed by atoms with Gasteiger partial charge in [0.2, 0.25) is 15.9 Å². The van der Waals surface area contributed by atoms with Crippen LogP contribution in [0.25, 0.3) is 0 Å². The topological polar surface area (TPSA) is 108 Å². The second-order valence-electron chi connectivity index (χ2n) is 6.95. The molecule has 1 aliphatic rings. The van der Waals surface area contributed by atoms with E-state index in [4.69, 9.17) is 4.74 Å². The molecule has 2 rings (SSSR count). The van der Waals surface area contributed by atoms with Crippen molar-refractivity contribution < 1.29 is 23.1 Å². The molecule has 0 spiro atoms. The molecule has 1 aromatic carbocycles. The first-order valence-electron chi connectivity index (χ1n) is 9.25. The highest BCUT2D eigenvalue weighted by Crippen LogP contribution is 2.18. The second kappa shape index (κ2) is 10.7. The highest BCUT2D eigenvalue weighted by Gasteiger charge is 2.31. The maximum Gasteiger partial charge on any atom is 0.241 e. The predicted octanol–water partition coefficient (Wildman–Crippen LogP) is 0.107. The van der Waals surface area contributed by atoms with E-state index in [1.807, 2.05) is 19.0 Å². The van der Waals surface area contributed by atoms with Crippen LogP contribution in [0.5, 0.6) is 0 Å². The van der Waals surface area contributed by atoms with Crippen LogP contribution in [0.4, 0.5) is 0 Å². The first kappa shape index (κ1) is 22.5. The van der Waals surface area contributed by atoms with Crippen LogP contribution in [-0.4, -0.2) is 76.4 Å². The van der Waals surface area contributed by atoms with Crippen LogP contribution in [0, 0.1) is 0 Å². The summed E-state index contributed by atoms with van der Waals surface area (Å²) >= 11 is 0. The van der Waals surface area contributed by atoms with Crippen LogP contribution in [-0.2, 0) is 19.6 Å². The Morgan fingerprint density at radius 2 is 1.93 bits per heavy atom. The molecule has 28 heavy (non-hydrogen) atoms. The van der Waals surface area contributed by atoms with Gasteiger partial charge in [-0.1, -0.05) is 30.4 Å². The average molecular weight is 412 g/mol. The number of carbonyl (C=O) groups excluding carboxylic acids is 1. The summed E-state index contributed by atoms with van der Waals surface area (Å²) in [5.41, 5.74) is 0. The minimum Gasteiger partial charge on any atom is -0.394 e. The van der Waals surface area contributed by atoms with E-state index >= 15 is 0 Å². The van der Waals surface area contributed by atoms with Crippen molar-refractivity contribution in [1.82, 2.24) is 14.9 Å². The molecule has 1 aliphatic heterocycles. The number of hydrogen-bond donors (Lipinski definition) is 3. The standard InChI is InChI=1S/C19H29N3O5S/c1-22(2)12-6-11-20-19(24)13-15-9-10-17(18(14-23)27-15)21-28(25,26)16-7-4-3-5-8-16/h3-5,7-10,15,17-18,21,23H,6,11-14H2,1-2H3,(H,20,24)/t15-,17+,18+/m0/s1. The summed E-state index contributed by atoms with van der Waals surface area (Å²) in [5, 5.41) is 12.4. The molecular weight excluding hydrogens is 382 g/mol. The molecule has 1 amide bonds. The number of sulfonamides is 1. The number of ether oxygens (including phenoxy) is 1. The molecule has 0 radical (unpaired) electrons. The number of benzene rings is 1. The van der Waals surface area contributed by atoms with Crippen LogP contribution >= 0.6 is 0 Å². The van der Waals surface area contributed by atoms with Crippen molar-refractivity contribution in [1.29, 1.82) is 0 Å². The molecule has 1 aromatic rings. The van der Waals surface area contributed by atoms with E-state index in [1.54, 1.807) is 30.4 Å². The molecular formula is C19H29N3O5S. The van der Waals surface area contributed by atoms with E-state index in [0.717, 1.165) is 13.0 Å². The SMILES string of the molecule is CN(C)CCCNC(=O)C[C@@H]1C=C[C@@H](NS(=O)(=O)c2ccccc2)[C@@H](CO)O1. The third kappa shape index (κ3) is 6.99. The molecule has 3 atom stereocenters. The molecule has 0 bridgehead atoms. The first-order chi connectivity index (χ1) is 13.3. The van der Waals surface area contributed by atoms with Crippen molar-refractivity contribution in [3.63, 3.8) is 0 Å². The number of carbonyl (C=O) groups is 1. The second-order valence-corrected chi connectivity index (χ2v) is 8.67. The molecule has 0 saturated carbocycles. The van der Waals surface area contributed by atoms with Crippen LogP contribution in [0.15, 0.2) is 47.4 Å². The third-order valence-electron chi connectivity index (χ3n) is 4.30. The van der Waals surface area contributed by atoms with E-state index in [2.05, 4.69) is 10.0 Å². The number of amides is 1. The van der Waals surface area contributed by atoms with Gasteiger partial charge >= 0.3 is 0 Å². The molecule has 9 heteroatoms. The summed E-state index contributed by atoms with van der Waals surface area (Å²) < 4.78 is 33.2. The normalized spacial score (nSPS) is 22.4. The van der Waals surface area contributed by atoms with Crippen molar-refractivity contribution in [2.45, 2.75) is 36.0 Å². The summed E-state index contributed by atoms with van der Waals surface area (Å²) in [6.45, 7) is 1.10. The lowest BCUT2D eigenvalue weighted by Gasteiger charge is -2.31. The van der Waals surface area contributed by atoms with E-state index in [9.17, 15) is 18.3 Å². The van der Waals surface area contributed by atoms with Gasteiger partial charge in [0, 0.05) is 6.54 Å². The summed E-state index contributed by atoms with van der Waals surface area (Å²) in [7, 11) is 0.203. The van der Waals surface area contributed by atoms with Crippen molar-refractivity contribution in [3.05, 3.63) is 42.5 Å². The van der Waals surface area contributed by atoms with Gasteiger partial charge in [-0.3, -0.25) is 4.79 Å². The van der Waals surface area contributed by atoms with E-state index in [0.29, 0.717) is 6.54 Å². The summed E-state index contributed by atoms with van der Waals surface area (Å²) in [5.74, 6) is -0.145. The van der Waals surface area contributed by atoms with Gasteiger partial charge in [-0.05, 0) is 39.2 Å². The van der Waals surface area contributed by atoms with Gasteiger partial charge in [0.05, 0.1) is 30.1 Å². The predicted molar refractivity (Wildman–Crippen MR) is 106 cm³/mol. The minimum atomic E-state index is -3.74. The molecule has 0 fully saturated rings. The molecule has 8 nitrogen and oxygen atoms in total. The van der Waals surface area contributed by atoms with Crippen LogP contribution in [0.3, 0.4) is 0 Å². The Balaban J connectivity index is 1.90. The summed E-state index contributed by atoms with van der Waals surface area (Å²) in [6.07, 6.45) is 2.98. The van der Waals surface area contributed by atoms with E-state index in [-0.39, 0.29) is 23.8 Å². The lowest BCUT2D eigenvalue weighted by Crippen LogP contribution is -2.49. The summed E-state index contributed by atoms with van der Waals surface area (Å²) in [4.78, 5) is 14.2. The number of nitrogens with one attached hydrogen (secondary N) is 2. The molecule has 0 unspecified atom stereocenters. The fourth-order valence-corrected chi connectivity index (χ4v) is 4.08. The number of rotatable bonds is 10. The number of aliphatic hydroxyl groups excluding tert-OH is 1. The van der Waals surface area contributed by atoms with Gasteiger partial charge in [0.15, 0.2) is 0 Å². The van der Waals surface area contributed by atoms with E-state index in [1.165, 1.54) is 12.1 Å². The van der Waals surface area contributed by atoms with E-state index < -0.39 is 28.3 Å². The highest BCUT2D eigenvalue weighted by atomic mass is 32.2. The Kier molecular flexibility index (Phi) is 8.58. The van der Waals surface area contributed by atoms with Gasteiger partial charge < -0.3 is 20.1 Å². The fraction of sp³-hybridized carbons (Fsp3) is 0.526. The van der Waals surface area contributed by atoms with Gasteiger partial charge in [-0.15, -0.1) is 0 Å². The third-order valence-corrected chi connectivity index (χ3v) is 5.77. The Labute approximate surface area is 166 Å². The van der Waals surface area contributed by atoms with Crippen LogP contribution < -0.4 is 10.0 Å². The lowest BCUT2D eigenvalue weighted by atomic mass is 10.1. The monoisotopic (exact) mass is 411 g/mol. The Morgan fingerprint density at radius 1 is 1.21 bits per heavy atom. The molecule has 0 aliphatic carbocycles. The Bertz CT molecular complexity index is 752. The molecule has 156 valence electrons. The van der Waals surface area contributed by atoms with Crippen molar-refractivity contribution in [2.75, 3.05) is 33.8 Å². The van der Waals surface area contributed by atoms with Crippen molar-refractivity contribution in [2.24, 2.45) is 0 Å². The molecule has 0 saturated heterocycles. The number of nitrogens with zero attached hydrogens (tertiary/aromatic N) is 1. The molecule has 3 N–H and O–H groups in total. The van der Waals surface area contributed by atoms with Gasteiger partial charge in [-0.25, -0.2) is 13.1 Å². The Morgan fingerprint density at radius 3 is 2.57 bits per heavy atom. The maximum absolute atomic E-state index is 12.5. The minimum absolute atomic E-state index is 0.118. The molecule has 0 aromatic heterocycles. The zero-order chi connectivity index (χ0) is 20.6. The fourth-order valence-electron chi connectivity index (χ4n) is 2.83. The van der Waals surface area contributed by atoms with Crippen molar-refractivity contribution >= 4 is 15.9 Å². The smallest absolute Gasteiger partial charge is 0.241 e. The van der Waals surface area contributed by atoms with Gasteiger partial charge in [-0.2, -0.15) is 0 Å². The molecule has 1 heterocycles. The zero-order valence-corrected chi connectivity index (χ0v) is 17.1. The lowest BCUT2D eigenvalue weighted by molar-refractivity contribution is -0.125. The van der Waals surface area contributed by atoms with Crippen molar-refractivity contribution in [3.8, 4) is 0 Å². The number of hydrogen-bond acceptors (Lipinski definition) is 6. The zero-order valence-electron chi connectivity index (χ0n) is 16.2. The van der Waals surface area contributed by atoms with Gasteiger partial charge in [0.1, 0.15) is 6.10 Å². The number of aliphatic hydroxyl groups is 1. The maximum atomic E-state index is 12.5. The van der Waals surface area contributed by atoms with Crippen LogP contribution in [0.1, 0.15) is 12.8 Å². The first-order valence-corrected chi connectivity index (χ1v) is 10.7. The highest BCUT2D eigenvalue weighted by molar-refractivity contribution is 7.89. The van der Waals surface area contributed by atoms with Crippen LogP contribution in [0.2, 0.25) is 0 Å². The summed E-state index contributed by atoms with van der Waals surface area (Å²) in [6, 6.07) is 7.28. The quantitative estimate of drug-likeness (QED) is 0.373. The largest absolute Gasteiger partial charge is 0.394 e. The average Bonchev–Trinajstić information content (AvgIpc) is 2.67. The Hall–Kier alpha value is -1.78. The van der Waals surface area contributed by atoms with Gasteiger partial charge in [0.25, 0.3) is 0 Å².